The molecule has 3 rings (SSSR count). The highest BCUT2D eigenvalue weighted by Gasteiger charge is 2.20. The van der Waals surface area contributed by atoms with Gasteiger partial charge in [0.15, 0.2) is 0 Å². The first-order valence-electron chi connectivity index (χ1n) is 11.3. The van der Waals surface area contributed by atoms with Crippen LogP contribution < -0.4 is 5.73 Å². The Morgan fingerprint density at radius 1 is 1.00 bits per heavy atom. The van der Waals surface area contributed by atoms with E-state index >= 15 is 0 Å². The number of amides is 1. The SMILES string of the molecule is CCN(CC)C(=O)c1ccc(C(=C2CCN(CCOC)CC2)c2cccc(N)c2)cc1. The number of methoxy groups -OCH3 is 1. The number of carbonyl (C=O) groups is 1. The van der Waals surface area contributed by atoms with Crippen molar-refractivity contribution >= 4 is 17.2 Å². The van der Waals surface area contributed by atoms with E-state index in [-0.39, 0.29) is 5.91 Å². The summed E-state index contributed by atoms with van der Waals surface area (Å²) in [6.45, 7) is 9.26. The van der Waals surface area contributed by atoms with Crippen LogP contribution in [0, 0.1) is 0 Å². The van der Waals surface area contributed by atoms with Crippen molar-refractivity contribution in [2.45, 2.75) is 26.7 Å². The van der Waals surface area contributed by atoms with Crippen LogP contribution in [0.15, 0.2) is 54.1 Å². The Morgan fingerprint density at radius 3 is 2.23 bits per heavy atom. The zero-order valence-electron chi connectivity index (χ0n) is 19.1. The molecule has 2 aromatic carbocycles. The molecule has 0 atom stereocenters. The Labute approximate surface area is 186 Å². The van der Waals surface area contributed by atoms with Gasteiger partial charge in [-0.05, 0) is 67.7 Å². The number of piperidine rings is 1. The van der Waals surface area contributed by atoms with E-state index < -0.39 is 0 Å². The molecular formula is C26H35N3O2. The topological polar surface area (TPSA) is 58.8 Å². The van der Waals surface area contributed by atoms with E-state index in [1.165, 1.54) is 11.1 Å². The van der Waals surface area contributed by atoms with Crippen molar-refractivity contribution in [1.82, 2.24) is 9.80 Å². The van der Waals surface area contributed by atoms with Gasteiger partial charge in [-0.3, -0.25) is 4.79 Å². The highest BCUT2D eigenvalue weighted by molar-refractivity contribution is 5.95. The Bertz CT molecular complexity index is 891. The minimum atomic E-state index is 0.0844. The fourth-order valence-electron chi connectivity index (χ4n) is 4.26. The van der Waals surface area contributed by atoms with Crippen LogP contribution in [-0.2, 0) is 4.74 Å². The Hall–Kier alpha value is -2.63. The summed E-state index contributed by atoms with van der Waals surface area (Å²) in [7, 11) is 1.75. The lowest BCUT2D eigenvalue weighted by atomic mass is 9.88. The number of ether oxygens (including phenoxy) is 1. The molecule has 0 aromatic heterocycles. The quantitative estimate of drug-likeness (QED) is 0.646. The molecule has 1 aliphatic rings. The predicted octanol–water partition coefficient (Wildman–Crippen LogP) is 4.29. The zero-order chi connectivity index (χ0) is 22.2. The maximum Gasteiger partial charge on any atom is 0.253 e. The van der Waals surface area contributed by atoms with E-state index in [2.05, 4.69) is 29.2 Å². The van der Waals surface area contributed by atoms with Crippen LogP contribution in [0.5, 0.6) is 0 Å². The van der Waals surface area contributed by atoms with Crippen LogP contribution in [0.3, 0.4) is 0 Å². The van der Waals surface area contributed by atoms with Crippen molar-refractivity contribution in [3.8, 4) is 0 Å². The van der Waals surface area contributed by atoms with Crippen LogP contribution in [0.25, 0.3) is 5.57 Å². The van der Waals surface area contributed by atoms with Gasteiger partial charge < -0.3 is 20.3 Å². The molecule has 0 unspecified atom stereocenters. The van der Waals surface area contributed by atoms with Crippen LogP contribution in [0.2, 0.25) is 0 Å². The molecule has 5 heteroatoms. The van der Waals surface area contributed by atoms with E-state index in [1.807, 2.05) is 43.0 Å². The summed E-state index contributed by atoms with van der Waals surface area (Å²) >= 11 is 0. The van der Waals surface area contributed by atoms with Crippen molar-refractivity contribution in [1.29, 1.82) is 0 Å². The third-order valence-electron chi connectivity index (χ3n) is 6.07. The number of benzene rings is 2. The second kappa shape index (κ2) is 11.1. The number of carbonyl (C=O) groups excluding carboxylic acids is 1. The van der Waals surface area contributed by atoms with Crippen LogP contribution in [0.1, 0.15) is 48.2 Å². The number of nitrogens with two attached hydrogens (primary N) is 1. The van der Waals surface area contributed by atoms with Crippen molar-refractivity contribution in [2.24, 2.45) is 0 Å². The number of hydrogen-bond donors (Lipinski definition) is 1. The van der Waals surface area contributed by atoms with Crippen LogP contribution in [0.4, 0.5) is 5.69 Å². The molecule has 0 aliphatic carbocycles. The van der Waals surface area contributed by atoms with Crippen molar-refractivity contribution in [3.05, 3.63) is 70.8 Å². The van der Waals surface area contributed by atoms with E-state index in [0.29, 0.717) is 0 Å². The zero-order valence-corrected chi connectivity index (χ0v) is 19.1. The standard InChI is InChI=1S/C26H35N3O2/c1-4-29(5-2)26(30)22-11-9-20(10-12-22)25(23-7-6-8-24(27)19-23)21-13-15-28(16-14-21)17-18-31-3/h6-12,19H,4-5,13-18,27H2,1-3H3. The maximum atomic E-state index is 12.7. The highest BCUT2D eigenvalue weighted by atomic mass is 16.5. The lowest BCUT2D eigenvalue weighted by Gasteiger charge is -2.30. The maximum absolute atomic E-state index is 12.7. The van der Waals surface area contributed by atoms with E-state index in [0.717, 1.165) is 74.6 Å². The molecule has 1 heterocycles. The fourth-order valence-corrected chi connectivity index (χ4v) is 4.26. The summed E-state index contributed by atoms with van der Waals surface area (Å²) in [4.78, 5) is 17.0. The number of hydrogen-bond acceptors (Lipinski definition) is 4. The molecule has 0 saturated carbocycles. The number of anilines is 1. The molecule has 31 heavy (non-hydrogen) atoms. The van der Waals surface area contributed by atoms with Gasteiger partial charge in [-0.15, -0.1) is 0 Å². The number of nitrogens with zero attached hydrogens (tertiary/aromatic N) is 2. The summed E-state index contributed by atoms with van der Waals surface area (Å²) in [5.74, 6) is 0.0844. The molecule has 5 nitrogen and oxygen atoms in total. The first-order chi connectivity index (χ1) is 15.1. The molecule has 1 saturated heterocycles. The first kappa shape index (κ1) is 23.0. The summed E-state index contributed by atoms with van der Waals surface area (Å²) in [5, 5.41) is 0. The summed E-state index contributed by atoms with van der Waals surface area (Å²) in [5.41, 5.74) is 12.6. The molecular weight excluding hydrogens is 386 g/mol. The van der Waals surface area contributed by atoms with Gasteiger partial charge in [0.1, 0.15) is 0 Å². The molecule has 1 amide bonds. The Balaban J connectivity index is 1.92. The predicted molar refractivity (Wildman–Crippen MR) is 128 cm³/mol. The normalized spacial score (nSPS) is 14.5. The van der Waals surface area contributed by atoms with Crippen molar-refractivity contribution in [2.75, 3.05) is 52.2 Å². The third-order valence-corrected chi connectivity index (χ3v) is 6.07. The highest BCUT2D eigenvalue weighted by Crippen LogP contribution is 2.33. The molecule has 0 bridgehead atoms. The van der Waals surface area contributed by atoms with Crippen molar-refractivity contribution in [3.63, 3.8) is 0 Å². The van der Waals surface area contributed by atoms with Gasteiger partial charge in [-0.1, -0.05) is 29.8 Å². The summed E-state index contributed by atoms with van der Waals surface area (Å²) in [6.07, 6.45) is 2.04. The molecule has 1 aliphatic heterocycles. The monoisotopic (exact) mass is 421 g/mol. The molecule has 0 spiro atoms. The van der Waals surface area contributed by atoms with Gasteiger partial charge in [0.05, 0.1) is 6.61 Å². The average Bonchev–Trinajstić information content (AvgIpc) is 2.80. The van der Waals surface area contributed by atoms with Gasteiger partial charge >= 0.3 is 0 Å². The summed E-state index contributed by atoms with van der Waals surface area (Å²) in [6, 6.07) is 16.2. The molecule has 166 valence electrons. The second-order valence-corrected chi connectivity index (χ2v) is 7.99. The second-order valence-electron chi connectivity index (χ2n) is 7.99. The van der Waals surface area contributed by atoms with Crippen molar-refractivity contribution < 1.29 is 9.53 Å². The third kappa shape index (κ3) is 5.75. The number of likely N-dealkylation sites (tertiary alicyclic amines) is 1. The molecule has 1 fully saturated rings. The van der Waals surface area contributed by atoms with Gasteiger partial charge in [-0.25, -0.2) is 0 Å². The minimum Gasteiger partial charge on any atom is -0.399 e. The van der Waals surface area contributed by atoms with Gasteiger partial charge in [0, 0.05) is 51.1 Å². The van der Waals surface area contributed by atoms with E-state index in [4.69, 9.17) is 10.5 Å². The van der Waals surface area contributed by atoms with E-state index in [1.54, 1.807) is 7.11 Å². The smallest absolute Gasteiger partial charge is 0.253 e. The Kier molecular flexibility index (Phi) is 8.27. The Morgan fingerprint density at radius 2 is 1.65 bits per heavy atom. The number of rotatable bonds is 8. The minimum absolute atomic E-state index is 0.0844. The van der Waals surface area contributed by atoms with Gasteiger partial charge in [0.2, 0.25) is 0 Å². The average molecular weight is 422 g/mol. The molecule has 0 radical (unpaired) electrons. The fraction of sp³-hybridized carbons (Fsp3) is 0.423. The van der Waals surface area contributed by atoms with Gasteiger partial charge in [0.25, 0.3) is 5.91 Å². The number of nitrogen functional groups attached to an aromatic ring is 1. The van der Waals surface area contributed by atoms with Gasteiger partial charge in [-0.2, -0.15) is 0 Å². The largest absolute Gasteiger partial charge is 0.399 e. The van der Waals surface area contributed by atoms with E-state index in [9.17, 15) is 4.79 Å². The molecule has 2 aromatic rings. The van der Waals surface area contributed by atoms with Crippen LogP contribution >= 0.6 is 0 Å². The lowest BCUT2D eigenvalue weighted by molar-refractivity contribution is 0.0773. The molecule has 2 N–H and O–H groups in total. The first-order valence-corrected chi connectivity index (χ1v) is 11.3. The summed E-state index contributed by atoms with van der Waals surface area (Å²) < 4.78 is 5.24. The lowest BCUT2D eigenvalue weighted by Crippen LogP contribution is -2.33. The van der Waals surface area contributed by atoms with Crippen LogP contribution in [-0.4, -0.2) is 62.1 Å².